The fourth-order valence-electron chi connectivity index (χ4n) is 14.3. The number of fused-ring (bicyclic) bond motifs is 4. The number of benzene rings is 7. The van der Waals surface area contributed by atoms with Gasteiger partial charge in [0.2, 0.25) is 0 Å². The second-order valence-electron chi connectivity index (χ2n) is 33.1. The third-order valence-corrected chi connectivity index (χ3v) is 22.9. The number of ketones is 3. The summed E-state index contributed by atoms with van der Waals surface area (Å²) in [6, 6.07) is 52.7. The molecule has 0 bridgehead atoms. The van der Waals surface area contributed by atoms with Gasteiger partial charge < -0.3 is 9.94 Å². The van der Waals surface area contributed by atoms with Gasteiger partial charge >= 0.3 is 5.97 Å². The van der Waals surface area contributed by atoms with E-state index in [1.807, 2.05) is 90.6 Å². The van der Waals surface area contributed by atoms with Crippen LogP contribution in [0.3, 0.4) is 0 Å². The van der Waals surface area contributed by atoms with Gasteiger partial charge in [-0.2, -0.15) is 0 Å². The molecule has 0 radical (unpaired) electrons. The van der Waals surface area contributed by atoms with Gasteiger partial charge in [-0.05, 0) is 263 Å². The molecule has 0 saturated carbocycles. The second-order valence-corrected chi connectivity index (χ2v) is 34.2. The Kier molecular flexibility index (Phi) is 24.5. The number of rotatable bonds is 10. The summed E-state index contributed by atoms with van der Waals surface area (Å²) in [4.78, 5) is 51.6. The van der Waals surface area contributed by atoms with E-state index in [-0.39, 0.29) is 61.2 Å². The summed E-state index contributed by atoms with van der Waals surface area (Å²) in [6.07, 6.45) is 15.7. The van der Waals surface area contributed by atoms with E-state index in [1.54, 1.807) is 52.0 Å². The summed E-state index contributed by atoms with van der Waals surface area (Å²) in [5, 5.41) is 13.1. The highest BCUT2D eigenvalue weighted by Gasteiger charge is 2.40. The van der Waals surface area contributed by atoms with Crippen molar-refractivity contribution in [3.8, 4) is 23.7 Å². The van der Waals surface area contributed by atoms with Gasteiger partial charge in [-0.15, -0.1) is 11.8 Å². The molecule has 104 heavy (non-hydrogen) atoms. The van der Waals surface area contributed by atoms with Crippen molar-refractivity contribution in [2.24, 2.45) is 5.16 Å². The van der Waals surface area contributed by atoms with Crippen LogP contribution in [0.1, 0.15) is 302 Å². The van der Waals surface area contributed by atoms with Crippen LogP contribution in [-0.2, 0) is 42.6 Å². The SMILES string of the molecule is CC(=O)c1ccc(/C=C(\C)c2ccc3c(c2)C(C)(C)CCC3(C)C)cc1.CC(=O)c1ccc(C#Cc2ccc3c(c2)C(C)(C)CCC3(C)C)cc1.CC(=O)c1cccc(/C=C/C(=N\O)c2ccc3c(c2)C(C)(C)CCC3(C)C)c1.CCOC(=O)c1ccc(C#Cc2ccc3c(c2)C(C)(C)CCS3)nc1. The zero-order chi connectivity index (χ0) is 75.7. The number of hydrogen-bond donors (Lipinski definition) is 1. The van der Waals surface area contributed by atoms with Gasteiger partial charge in [0.1, 0.15) is 11.4 Å². The molecule has 8 nitrogen and oxygen atoms in total. The highest BCUT2D eigenvalue weighted by atomic mass is 32.2. The topological polar surface area (TPSA) is 123 Å². The van der Waals surface area contributed by atoms with Gasteiger partial charge in [-0.1, -0.05) is 223 Å². The molecule has 0 fully saturated rings. The first-order valence-electron chi connectivity index (χ1n) is 36.7. The molecule has 0 unspecified atom stereocenters. The van der Waals surface area contributed by atoms with Crippen LogP contribution in [0.4, 0.5) is 0 Å². The minimum absolute atomic E-state index is 0.0332. The lowest BCUT2D eigenvalue weighted by molar-refractivity contribution is 0.0525. The zero-order valence-electron chi connectivity index (χ0n) is 65.0. The van der Waals surface area contributed by atoms with Crippen LogP contribution in [0.2, 0.25) is 0 Å². The van der Waals surface area contributed by atoms with E-state index >= 15 is 0 Å². The Bertz CT molecular complexity index is 4750. The van der Waals surface area contributed by atoms with Gasteiger partial charge in [0.15, 0.2) is 17.3 Å². The molecule has 4 aliphatic rings. The first-order chi connectivity index (χ1) is 48.9. The zero-order valence-corrected chi connectivity index (χ0v) is 65.8. The lowest BCUT2D eigenvalue weighted by atomic mass is 9.63. The summed E-state index contributed by atoms with van der Waals surface area (Å²) in [6.45, 7) is 41.6. The van der Waals surface area contributed by atoms with Crippen LogP contribution in [0, 0.1) is 23.7 Å². The molecule has 2 heterocycles. The molecule has 0 amide bonds. The van der Waals surface area contributed by atoms with Crippen LogP contribution in [0.25, 0.3) is 17.7 Å². The van der Waals surface area contributed by atoms with Crippen LogP contribution in [0.15, 0.2) is 180 Å². The molecule has 7 aromatic carbocycles. The quantitative estimate of drug-likeness (QED) is 0.0273. The average Bonchev–Trinajstić information content (AvgIpc) is 0.719. The van der Waals surface area contributed by atoms with Crippen molar-refractivity contribution in [1.82, 2.24) is 4.98 Å². The van der Waals surface area contributed by atoms with Gasteiger partial charge in [0, 0.05) is 50.0 Å². The minimum atomic E-state index is -0.357. The predicted octanol–water partition coefficient (Wildman–Crippen LogP) is 23.0. The first kappa shape index (κ1) is 78.7. The Labute approximate surface area is 625 Å². The summed E-state index contributed by atoms with van der Waals surface area (Å²) in [7, 11) is 0. The van der Waals surface area contributed by atoms with E-state index < -0.39 is 0 Å². The monoisotopic (exact) mass is 1400 g/mol. The molecule has 9 heteroatoms. The number of oxime groups is 1. The molecule has 3 aliphatic carbocycles. The lowest BCUT2D eigenvalue weighted by Gasteiger charge is -2.42. The van der Waals surface area contributed by atoms with E-state index in [4.69, 9.17) is 4.74 Å². The third-order valence-electron chi connectivity index (χ3n) is 21.8. The third kappa shape index (κ3) is 19.3. The van der Waals surface area contributed by atoms with Crippen molar-refractivity contribution in [3.05, 3.63) is 276 Å². The van der Waals surface area contributed by atoms with Crippen molar-refractivity contribution in [1.29, 1.82) is 0 Å². The Morgan fingerprint density at radius 3 is 1.39 bits per heavy atom. The Hall–Kier alpha value is -9.41. The maximum Gasteiger partial charge on any atom is 0.339 e. The van der Waals surface area contributed by atoms with Crippen LogP contribution in [0.5, 0.6) is 0 Å². The standard InChI is InChI=1S/C25H29NO2.C25H30O.C24H26O.C21H21NO2S/c1-17(27)19-8-6-7-18(15-19)9-12-23(26-28)20-10-11-21-22(16-20)25(4,5)14-13-24(21,2)3;1-17(15-19-7-9-20(10-8-19)18(2)26)21-11-12-22-23(16-21)25(5,6)14-13-24(22,3)4;1-17(25)20-11-8-18(9-12-20)6-7-19-10-13-21-22(16-19)24(4,5)15-14-23(21,2)3;1-4-24-20(23)16-7-9-17(22-14-16)8-5-15-6-10-19-18(13-15)21(2,3)11-12-25-19/h6-12,15-16,28H,13-14H2,1-5H3;7-12,15-16H,13-14H2,1-6H3;8-13,16H,14-15H2,1-5H3;6-7,9-10,13-14H,4,11-12H2,1-3H3/b12-9+,26-23+;17-15+;;. The Balaban J connectivity index is 0.000000161. The molecule has 1 aliphatic heterocycles. The molecule has 12 rings (SSSR count). The largest absolute Gasteiger partial charge is 0.462 e. The smallest absolute Gasteiger partial charge is 0.339 e. The van der Waals surface area contributed by atoms with Crippen LogP contribution in [-0.4, -0.2) is 51.6 Å². The van der Waals surface area contributed by atoms with Gasteiger partial charge in [-0.25, -0.2) is 9.78 Å². The maximum atomic E-state index is 11.6. The number of hydrogen-bond acceptors (Lipinski definition) is 9. The fraction of sp³-hybridized carbons (Fsp3) is 0.368. The Morgan fingerprint density at radius 2 is 0.875 bits per heavy atom. The molecule has 0 atom stereocenters. The van der Waals surface area contributed by atoms with Gasteiger partial charge in [0.05, 0.1) is 12.2 Å². The highest BCUT2D eigenvalue weighted by Crippen LogP contribution is 2.49. The molecular weight excluding hydrogens is 1300 g/mol. The van der Waals surface area contributed by atoms with Crippen molar-refractivity contribution in [2.45, 2.75) is 219 Å². The Morgan fingerprint density at radius 1 is 0.442 bits per heavy atom. The van der Waals surface area contributed by atoms with Crippen molar-refractivity contribution >= 4 is 58.5 Å². The van der Waals surface area contributed by atoms with Crippen molar-refractivity contribution < 1.29 is 29.1 Å². The lowest BCUT2D eigenvalue weighted by Crippen LogP contribution is -2.34. The number of esters is 1. The van der Waals surface area contributed by atoms with Gasteiger partial charge in [0.25, 0.3) is 0 Å². The highest BCUT2D eigenvalue weighted by molar-refractivity contribution is 7.99. The maximum absolute atomic E-state index is 11.6. The number of Topliss-reactive ketones (excluding diaryl/α,β-unsaturated/α-hetero) is 3. The van der Waals surface area contributed by atoms with E-state index in [9.17, 15) is 24.4 Å². The molecular formula is C95H106N2O6S. The number of aromatic nitrogens is 1. The summed E-state index contributed by atoms with van der Waals surface area (Å²) in [5.74, 6) is 13.8. The molecule has 0 saturated heterocycles. The fourth-order valence-corrected chi connectivity index (χ4v) is 15.8. The average molecular weight is 1400 g/mol. The first-order valence-corrected chi connectivity index (χ1v) is 37.7. The van der Waals surface area contributed by atoms with Gasteiger partial charge in [-0.3, -0.25) is 14.4 Å². The predicted molar refractivity (Wildman–Crippen MR) is 432 cm³/mol. The molecule has 1 N–H and O–H groups in total. The number of nitrogens with zero attached hydrogens (tertiary/aromatic N) is 2. The van der Waals surface area contributed by atoms with E-state index in [0.717, 1.165) is 50.9 Å². The number of ether oxygens (including phenoxy) is 1. The van der Waals surface area contributed by atoms with Crippen molar-refractivity contribution in [2.75, 3.05) is 12.4 Å². The summed E-state index contributed by atoms with van der Waals surface area (Å²) in [5.41, 5.74) is 23.5. The number of allylic oxidation sites excluding steroid dienone is 2. The van der Waals surface area contributed by atoms with Crippen LogP contribution >= 0.6 is 11.8 Å². The number of thioether (sulfide) groups is 1. The minimum Gasteiger partial charge on any atom is -0.462 e. The van der Waals surface area contributed by atoms with E-state index in [2.05, 4.69) is 210 Å². The number of carbonyl (C=O) groups is 4. The summed E-state index contributed by atoms with van der Waals surface area (Å²) < 4.78 is 4.95. The normalized spacial score (nSPS) is 17.1. The molecule has 538 valence electrons. The number of pyridine rings is 1. The number of carbonyl (C=O) groups excluding carboxylic acids is 4. The van der Waals surface area contributed by atoms with E-state index in [1.165, 1.54) is 105 Å². The van der Waals surface area contributed by atoms with E-state index in [0.29, 0.717) is 29.1 Å². The van der Waals surface area contributed by atoms with Crippen LogP contribution < -0.4 is 0 Å². The molecule has 8 aromatic rings. The molecule has 1 aromatic heterocycles. The second kappa shape index (κ2) is 32.3. The molecule has 0 spiro atoms. The van der Waals surface area contributed by atoms with Crippen molar-refractivity contribution in [3.63, 3.8) is 0 Å². The summed E-state index contributed by atoms with van der Waals surface area (Å²) >= 11 is 1.92.